The van der Waals surface area contributed by atoms with Crippen molar-refractivity contribution in [3.63, 3.8) is 0 Å². The lowest BCUT2D eigenvalue weighted by Gasteiger charge is -1.98. The molecule has 0 bridgehead atoms. The molecule has 0 unspecified atom stereocenters. The Bertz CT molecular complexity index is 700. The standard InChI is InChI=1S/C14H8F2N2O3/c15-12-6-1-9(7-13(12)16)8-17-21-14(19)10-2-4-11(18-20)5-3-10/h1-8H/b17-8+. The number of rotatable bonds is 4. The SMILES string of the molecule is O=Nc1ccc(C(=O)O/N=C/c2ccc(F)c(F)c2)cc1. The summed E-state index contributed by atoms with van der Waals surface area (Å²) in [6.45, 7) is 0. The summed E-state index contributed by atoms with van der Waals surface area (Å²) in [6, 6.07) is 8.53. The molecule has 0 aliphatic rings. The van der Waals surface area contributed by atoms with E-state index in [2.05, 4.69) is 15.2 Å². The summed E-state index contributed by atoms with van der Waals surface area (Å²) in [6.07, 6.45) is 1.07. The third-order valence-electron chi connectivity index (χ3n) is 2.49. The molecule has 0 aromatic heterocycles. The van der Waals surface area contributed by atoms with Gasteiger partial charge < -0.3 is 4.84 Å². The van der Waals surface area contributed by atoms with Crippen molar-refractivity contribution in [2.45, 2.75) is 0 Å². The van der Waals surface area contributed by atoms with Crippen LogP contribution >= 0.6 is 0 Å². The summed E-state index contributed by atoms with van der Waals surface area (Å²) in [4.78, 5) is 26.4. The maximum absolute atomic E-state index is 12.9. The molecule has 0 radical (unpaired) electrons. The molecule has 106 valence electrons. The number of hydrogen-bond acceptors (Lipinski definition) is 5. The number of carbonyl (C=O) groups excluding carboxylic acids is 1. The summed E-state index contributed by atoms with van der Waals surface area (Å²) < 4.78 is 25.6. The highest BCUT2D eigenvalue weighted by atomic mass is 19.2. The van der Waals surface area contributed by atoms with Crippen molar-refractivity contribution in [2.24, 2.45) is 10.3 Å². The second kappa shape index (κ2) is 6.47. The molecular formula is C14H8F2N2O3. The van der Waals surface area contributed by atoms with Gasteiger partial charge in [0.2, 0.25) is 0 Å². The normalized spacial score (nSPS) is 10.6. The fourth-order valence-electron chi connectivity index (χ4n) is 1.44. The summed E-state index contributed by atoms with van der Waals surface area (Å²) >= 11 is 0. The quantitative estimate of drug-likeness (QED) is 0.374. The Hall–Kier alpha value is -2.96. The van der Waals surface area contributed by atoms with Gasteiger partial charge in [-0.05, 0) is 47.1 Å². The monoisotopic (exact) mass is 290 g/mol. The van der Waals surface area contributed by atoms with Crippen LogP contribution < -0.4 is 0 Å². The van der Waals surface area contributed by atoms with E-state index in [0.717, 1.165) is 18.3 Å². The first kappa shape index (κ1) is 14.4. The van der Waals surface area contributed by atoms with E-state index in [1.807, 2.05) is 0 Å². The average Bonchev–Trinajstić information content (AvgIpc) is 2.51. The van der Waals surface area contributed by atoms with E-state index in [-0.39, 0.29) is 16.8 Å². The highest BCUT2D eigenvalue weighted by Gasteiger charge is 2.07. The summed E-state index contributed by atoms with van der Waals surface area (Å²) in [5.74, 6) is -2.76. The molecule has 2 rings (SSSR count). The third-order valence-corrected chi connectivity index (χ3v) is 2.49. The first-order valence-electron chi connectivity index (χ1n) is 5.73. The van der Waals surface area contributed by atoms with Crippen LogP contribution in [0.3, 0.4) is 0 Å². The average molecular weight is 290 g/mol. The van der Waals surface area contributed by atoms with Crippen LogP contribution in [-0.4, -0.2) is 12.2 Å². The first-order chi connectivity index (χ1) is 10.1. The number of nitrogens with zero attached hydrogens (tertiary/aromatic N) is 2. The van der Waals surface area contributed by atoms with Crippen molar-refractivity contribution >= 4 is 17.9 Å². The van der Waals surface area contributed by atoms with Gasteiger partial charge in [-0.15, -0.1) is 4.91 Å². The van der Waals surface area contributed by atoms with Crippen LogP contribution in [0.25, 0.3) is 0 Å². The molecule has 0 saturated carbocycles. The number of nitroso groups, excluding NO2 is 1. The fourth-order valence-corrected chi connectivity index (χ4v) is 1.44. The van der Waals surface area contributed by atoms with E-state index in [4.69, 9.17) is 0 Å². The fraction of sp³-hybridized carbons (Fsp3) is 0. The predicted octanol–water partition coefficient (Wildman–Crippen LogP) is 3.55. The van der Waals surface area contributed by atoms with Crippen molar-refractivity contribution < 1.29 is 18.4 Å². The Balaban J connectivity index is 2.00. The summed E-state index contributed by atoms with van der Waals surface area (Å²) in [5.41, 5.74) is 0.587. The van der Waals surface area contributed by atoms with Crippen LogP contribution in [0.15, 0.2) is 52.8 Å². The maximum atomic E-state index is 12.9. The molecule has 0 N–H and O–H groups in total. The molecule has 0 saturated heterocycles. The zero-order valence-electron chi connectivity index (χ0n) is 10.5. The van der Waals surface area contributed by atoms with Crippen LogP contribution in [-0.2, 0) is 4.84 Å². The molecule has 0 atom stereocenters. The van der Waals surface area contributed by atoms with Crippen molar-refractivity contribution in [3.8, 4) is 0 Å². The molecule has 0 amide bonds. The lowest BCUT2D eigenvalue weighted by molar-refractivity contribution is 0.0519. The lowest BCUT2D eigenvalue weighted by Crippen LogP contribution is -2.00. The van der Waals surface area contributed by atoms with Gasteiger partial charge in [-0.1, -0.05) is 11.2 Å². The van der Waals surface area contributed by atoms with Crippen LogP contribution in [0.4, 0.5) is 14.5 Å². The van der Waals surface area contributed by atoms with Gasteiger partial charge in [0, 0.05) is 0 Å². The predicted molar refractivity (Wildman–Crippen MR) is 71.3 cm³/mol. The molecule has 5 nitrogen and oxygen atoms in total. The number of benzene rings is 2. The van der Waals surface area contributed by atoms with Crippen molar-refractivity contribution in [2.75, 3.05) is 0 Å². The Morgan fingerprint density at radius 1 is 1.05 bits per heavy atom. The number of hydrogen-bond donors (Lipinski definition) is 0. The van der Waals surface area contributed by atoms with Crippen LogP contribution in [0.5, 0.6) is 0 Å². The number of halogens is 2. The minimum atomic E-state index is -1.03. The molecule has 0 spiro atoms. The minimum absolute atomic E-state index is 0.171. The van der Waals surface area contributed by atoms with Crippen LogP contribution in [0.2, 0.25) is 0 Å². The van der Waals surface area contributed by atoms with Gasteiger partial charge in [-0.25, -0.2) is 13.6 Å². The van der Waals surface area contributed by atoms with E-state index >= 15 is 0 Å². The largest absolute Gasteiger partial charge is 0.365 e. The molecule has 0 aliphatic heterocycles. The van der Waals surface area contributed by atoms with E-state index < -0.39 is 17.6 Å². The van der Waals surface area contributed by atoms with Crippen molar-refractivity contribution in [1.82, 2.24) is 0 Å². The van der Waals surface area contributed by atoms with Crippen LogP contribution in [0, 0.1) is 16.5 Å². The topological polar surface area (TPSA) is 68.1 Å². The number of carbonyl (C=O) groups is 1. The lowest BCUT2D eigenvalue weighted by atomic mass is 10.2. The Labute approximate surface area is 117 Å². The van der Waals surface area contributed by atoms with Gasteiger partial charge in [0.05, 0.1) is 11.8 Å². The van der Waals surface area contributed by atoms with E-state index in [1.165, 1.54) is 30.3 Å². The van der Waals surface area contributed by atoms with Gasteiger partial charge in [0.15, 0.2) is 11.6 Å². The molecule has 2 aromatic rings. The van der Waals surface area contributed by atoms with Gasteiger partial charge in [-0.3, -0.25) is 0 Å². The van der Waals surface area contributed by atoms with Crippen LogP contribution in [0.1, 0.15) is 15.9 Å². The second-order valence-corrected chi connectivity index (χ2v) is 3.92. The molecule has 0 heterocycles. The summed E-state index contributed by atoms with van der Waals surface area (Å²) in [7, 11) is 0. The zero-order valence-corrected chi connectivity index (χ0v) is 10.5. The summed E-state index contributed by atoms with van der Waals surface area (Å²) in [5, 5.41) is 6.07. The van der Waals surface area contributed by atoms with E-state index in [1.54, 1.807) is 0 Å². The van der Waals surface area contributed by atoms with E-state index in [0.29, 0.717) is 0 Å². The van der Waals surface area contributed by atoms with Gasteiger partial charge in [-0.2, -0.15) is 0 Å². The van der Waals surface area contributed by atoms with Crippen molar-refractivity contribution in [1.29, 1.82) is 0 Å². The molecule has 7 heteroatoms. The Kier molecular flexibility index (Phi) is 4.45. The minimum Gasteiger partial charge on any atom is -0.313 e. The number of oxime groups is 1. The highest BCUT2D eigenvalue weighted by Crippen LogP contribution is 2.13. The van der Waals surface area contributed by atoms with Gasteiger partial charge in [0.25, 0.3) is 0 Å². The molecule has 21 heavy (non-hydrogen) atoms. The van der Waals surface area contributed by atoms with E-state index in [9.17, 15) is 18.5 Å². The molecule has 2 aromatic carbocycles. The Morgan fingerprint density at radius 3 is 2.38 bits per heavy atom. The second-order valence-electron chi connectivity index (χ2n) is 3.92. The zero-order chi connectivity index (χ0) is 15.2. The molecule has 0 fully saturated rings. The first-order valence-corrected chi connectivity index (χ1v) is 5.73. The molecule has 0 aliphatic carbocycles. The van der Waals surface area contributed by atoms with Crippen molar-refractivity contribution in [3.05, 3.63) is 70.1 Å². The smallest absolute Gasteiger partial charge is 0.313 e. The van der Waals surface area contributed by atoms with Gasteiger partial charge in [0.1, 0.15) is 5.69 Å². The highest BCUT2D eigenvalue weighted by molar-refractivity contribution is 5.90. The maximum Gasteiger partial charge on any atom is 0.365 e. The Morgan fingerprint density at radius 2 is 1.76 bits per heavy atom. The third kappa shape index (κ3) is 3.75. The molecular weight excluding hydrogens is 282 g/mol. The van der Waals surface area contributed by atoms with Gasteiger partial charge >= 0.3 is 5.97 Å².